The molecule has 2 N–H and O–H groups in total. The number of halogens is 4. The molecule has 15 heavy (non-hydrogen) atoms. The lowest BCUT2D eigenvalue weighted by atomic mass is 10.2. The number of nitrogens with two attached hydrogens (primary N) is 1. The summed E-state index contributed by atoms with van der Waals surface area (Å²) in [4.78, 5) is 0. The fourth-order valence-corrected chi connectivity index (χ4v) is 1.25. The van der Waals surface area contributed by atoms with Gasteiger partial charge in [0.05, 0.1) is 0 Å². The van der Waals surface area contributed by atoms with Crippen LogP contribution in [0, 0.1) is 0 Å². The van der Waals surface area contributed by atoms with Gasteiger partial charge in [-0.2, -0.15) is 18.3 Å². The molecular formula is C8H9ClF3N3. The third kappa shape index (κ3) is 2.51. The fourth-order valence-electron chi connectivity index (χ4n) is 1.06. The molecule has 3 nitrogen and oxygen atoms in total. The van der Waals surface area contributed by atoms with E-state index in [0.717, 1.165) is 4.68 Å². The third-order valence-electron chi connectivity index (χ3n) is 1.70. The zero-order chi connectivity index (χ0) is 11.6. The predicted molar refractivity (Wildman–Crippen MR) is 51.3 cm³/mol. The number of alkyl halides is 3. The molecule has 0 bridgehead atoms. The van der Waals surface area contributed by atoms with Crippen LogP contribution in [0.15, 0.2) is 6.08 Å². The van der Waals surface area contributed by atoms with E-state index in [-0.39, 0.29) is 17.3 Å². The SMILES string of the molecule is Cn1nc(C(F)(F)F)c(/C=C/CN)c1Cl. The van der Waals surface area contributed by atoms with Crippen LogP contribution in [-0.4, -0.2) is 16.3 Å². The van der Waals surface area contributed by atoms with Crippen molar-refractivity contribution in [3.8, 4) is 0 Å². The van der Waals surface area contributed by atoms with Crippen LogP contribution >= 0.6 is 11.6 Å². The molecule has 84 valence electrons. The first-order chi connectivity index (χ1) is 6.88. The Bertz CT molecular complexity index is 381. The molecule has 1 aromatic rings. The predicted octanol–water partition coefficient (Wildman–Crippen LogP) is 2.06. The van der Waals surface area contributed by atoms with E-state index in [2.05, 4.69) is 5.10 Å². The van der Waals surface area contributed by atoms with Gasteiger partial charge in [0.2, 0.25) is 0 Å². The van der Waals surface area contributed by atoms with Gasteiger partial charge in [-0.3, -0.25) is 4.68 Å². The van der Waals surface area contributed by atoms with Crippen LogP contribution in [0.1, 0.15) is 11.3 Å². The maximum atomic E-state index is 12.5. The Labute approximate surface area is 89.3 Å². The molecule has 0 unspecified atom stereocenters. The van der Waals surface area contributed by atoms with Gasteiger partial charge in [-0.25, -0.2) is 0 Å². The minimum Gasteiger partial charge on any atom is -0.327 e. The quantitative estimate of drug-likeness (QED) is 0.859. The zero-order valence-corrected chi connectivity index (χ0v) is 8.60. The first-order valence-electron chi connectivity index (χ1n) is 4.04. The molecule has 0 aliphatic carbocycles. The lowest BCUT2D eigenvalue weighted by molar-refractivity contribution is -0.141. The number of rotatable bonds is 2. The monoisotopic (exact) mass is 239 g/mol. The van der Waals surface area contributed by atoms with Crippen molar-refractivity contribution in [3.63, 3.8) is 0 Å². The summed E-state index contributed by atoms with van der Waals surface area (Å²) >= 11 is 5.66. The first-order valence-corrected chi connectivity index (χ1v) is 4.42. The summed E-state index contributed by atoms with van der Waals surface area (Å²) in [6, 6.07) is 0. The Morgan fingerprint density at radius 3 is 2.60 bits per heavy atom. The molecule has 0 saturated heterocycles. The average Bonchev–Trinajstić information content (AvgIpc) is 2.40. The molecule has 0 aliphatic rings. The highest BCUT2D eigenvalue weighted by atomic mass is 35.5. The summed E-state index contributed by atoms with van der Waals surface area (Å²) in [5, 5.41) is 3.24. The summed E-state index contributed by atoms with van der Waals surface area (Å²) in [5.74, 6) is 0. The smallest absolute Gasteiger partial charge is 0.327 e. The van der Waals surface area contributed by atoms with E-state index in [9.17, 15) is 13.2 Å². The topological polar surface area (TPSA) is 43.8 Å². The van der Waals surface area contributed by atoms with Gasteiger partial charge in [0, 0.05) is 19.2 Å². The van der Waals surface area contributed by atoms with Crippen molar-refractivity contribution in [2.75, 3.05) is 6.54 Å². The number of nitrogens with zero attached hydrogens (tertiary/aromatic N) is 2. The Hall–Kier alpha value is -1.01. The molecule has 1 aromatic heterocycles. The van der Waals surface area contributed by atoms with Gasteiger partial charge >= 0.3 is 6.18 Å². The standard InChI is InChI=1S/C8H9ClF3N3/c1-15-7(9)5(3-2-4-13)6(14-15)8(10,11)12/h2-3H,4,13H2,1H3/b3-2+. The highest BCUT2D eigenvalue weighted by molar-refractivity contribution is 6.31. The fraction of sp³-hybridized carbons (Fsp3) is 0.375. The van der Waals surface area contributed by atoms with Gasteiger partial charge in [-0.15, -0.1) is 0 Å². The Balaban J connectivity index is 3.27. The van der Waals surface area contributed by atoms with Crippen molar-refractivity contribution in [2.45, 2.75) is 6.18 Å². The number of hydrogen-bond acceptors (Lipinski definition) is 2. The van der Waals surface area contributed by atoms with E-state index < -0.39 is 11.9 Å². The van der Waals surface area contributed by atoms with E-state index in [0.29, 0.717) is 0 Å². The summed E-state index contributed by atoms with van der Waals surface area (Å²) in [5.41, 5.74) is 4.00. The molecule has 0 saturated carbocycles. The normalized spacial score (nSPS) is 12.7. The molecular weight excluding hydrogens is 231 g/mol. The van der Waals surface area contributed by atoms with Crippen molar-refractivity contribution in [3.05, 3.63) is 22.5 Å². The van der Waals surface area contributed by atoms with Crippen molar-refractivity contribution in [1.29, 1.82) is 0 Å². The average molecular weight is 240 g/mol. The van der Waals surface area contributed by atoms with E-state index in [1.54, 1.807) is 0 Å². The molecule has 0 spiro atoms. The van der Waals surface area contributed by atoms with Gasteiger partial charge in [0.15, 0.2) is 5.69 Å². The number of aromatic nitrogens is 2. The molecule has 0 amide bonds. The lowest BCUT2D eigenvalue weighted by Crippen LogP contribution is -2.08. The molecule has 0 radical (unpaired) electrons. The van der Waals surface area contributed by atoms with Crippen LogP contribution < -0.4 is 5.73 Å². The Kier molecular flexibility index (Phi) is 3.41. The van der Waals surface area contributed by atoms with Crippen molar-refractivity contribution in [1.82, 2.24) is 9.78 Å². The molecule has 0 aromatic carbocycles. The molecule has 1 rings (SSSR count). The van der Waals surface area contributed by atoms with Crippen LogP contribution in [-0.2, 0) is 13.2 Å². The molecule has 0 atom stereocenters. The summed E-state index contributed by atoms with van der Waals surface area (Å²) in [6.45, 7) is 0.141. The van der Waals surface area contributed by atoms with Gasteiger partial charge in [-0.1, -0.05) is 23.8 Å². The summed E-state index contributed by atoms with van der Waals surface area (Å²) in [6.07, 6.45) is -1.91. The maximum absolute atomic E-state index is 12.5. The molecule has 0 aliphatic heterocycles. The minimum atomic E-state index is -4.51. The number of aryl methyl sites for hydroxylation is 1. The lowest BCUT2D eigenvalue weighted by Gasteiger charge is -2.02. The van der Waals surface area contributed by atoms with Crippen LogP contribution in [0.5, 0.6) is 0 Å². The highest BCUT2D eigenvalue weighted by Gasteiger charge is 2.37. The van der Waals surface area contributed by atoms with E-state index in [1.807, 2.05) is 0 Å². The van der Waals surface area contributed by atoms with Gasteiger partial charge < -0.3 is 5.73 Å². The van der Waals surface area contributed by atoms with E-state index >= 15 is 0 Å². The van der Waals surface area contributed by atoms with Gasteiger partial charge in [0.1, 0.15) is 5.15 Å². The second kappa shape index (κ2) is 4.24. The van der Waals surface area contributed by atoms with Crippen LogP contribution in [0.3, 0.4) is 0 Å². The van der Waals surface area contributed by atoms with Crippen molar-refractivity contribution >= 4 is 17.7 Å². The number of hydrogen-bond donors (Lipinski definition) is 1. The van der Waals surface area contributed by atoms with Crippen LogP contribution in [0.2, 0.25) is 5.15 Å². The minimum absolute atomic E-state index is 0.0629. The van der Waals surface area contributed by atoms with Crippen molar-refractivity contribution in [2.24, 2.45) is 12.8 Å². The second-order valence-electron chi connectivity index (χ2n) is 2.81. The third-order valence-corrected chi connectivity index (χ3v) is 2.15. The van der Waals surface area contributed by atoms with Crippen LogP contribution in [0.4, 0.5) is 13.2 Å². The molecule has 0 fully saturated rings. The Morgan fingerprint density at radius 2 is 2.13 bits per heavy atom. The zero-order valence-electron chi connectivity index (χ0n) is 7.85. The van der Waals surface area contributed by atoms with Gasteiger partial charge in [-0.05, 0) is 0 Å². The summed E-state index contributed by atoms with van der Waals surface area (Å²) < 4.78 is 38.4. The van der Waals surface area contributed by atoms with E-state index in [1.165, 1.54) is 19.2 Å². The molecule has 7 heteroatoms. The largest absolute Gasteiger partial charge is 0.435 e. The summed E-state index contributed by atoms with van der Waals surface area (Å²) in [7, 11) is 1.34. The first kappa shape index (κ1) is 12.1. The van der Waals surface area contributed by atoms with Gasteiger partial charge in [0.25, 0.3) is 0 Å². The second-order valence-corrected chi connectivity index (χ2v) is 3.17. The Morgan fingerprint density at radius 1 is 1.53 bits per heavy atom. The van der Waals surface area contributed by atoms with Crippen molar-refractivity contribution < 1.29 is 13.2 Å². The molecule has 1 heterocycles. The van der Waals surface area contributed by atoms with E-state index in [4.69, 9.17) is 17.3 Å². The maximum Gasteiger partial charge on any atom is 0.435 e. The highest BCUT2D eigenvalue weighted by Crippen LogP contribution is 2.34. The van der Waals surface area contributed by atoms with Crippen LogP contribution in [0.25, 0.3) is 6.08 Å².